The molecule has 0 saturated carbocycles. The monoisotopic (exact) mass is 423 g/mol. The number of amides is 3. The van der Waals surface area contributed by atoms with Crippen molar-refractivity contribution >= 4 is 40.8 Å². The lowest BCUT2D eigenvalue weighted by atomic mass is 10.1. The number of hydrogen-bond donors (Lipinski definition) is 2. The highest BCUT2D eigenvalue weighted by atomic mass is 16.5. The molecule has 2 N–H and O–H groups in total. The molecule has 0 unspecified atom stereocenters. The van der Waals surface area contributed by atoms with Crippen LogP contribution < -0.4 is 15.5 Å². The molecule has 1 atom stereocenters. The molecule has 0 radical (unpaired) electrons. The molecule has 8 heteroatoms. The third-order valence-electron chi connectivity index (χ3n) is 5.16. The number of benzene rings is 2. The van der Waals surface area contributed by atoms with Crippen molar-refractivity contribution in [2.45, 2.75) is 27.2 Å². The van der Waals surface area contributed by atoms with Crippen molar-refractivity contribution in [1.29, 1.82) is 0 Å². The molecule has 1 fully saturated rings. The molecule has 8 nitrogen and oxygen atoms in total. The first kappa shape index (κ1) is 22.0. The molecule has 0 aromatic heterocycles. The summed E-state index contributed by atoms with van der Waals surface area (Å²) in [5.74, 6) is -2.00. The van der Waals surface area contributed by atoms with Gasteiger partial charge in [0.2, 0.25) is 11.8 Å². The number of nitrogens with one attached hydrogen (secondary N) is 2. The van der Waals surface area contributed by atoms with Crippen LogP contribution in [0.1, 0.15) is 24.5 Å². The van der Waals surface area contributed by atoms with Crippen LogP contribution in [0, 0.1) is 19.8 Å². The zero-order valence-electron chi connectivity index (χ0n) is 17.7. The number of ether oxygens (including phenoxy) is 1. The molecule has 1 aliphatic heterocycles. The van der Waals surface area contributed by atoms with Crippen molar-refractivity contribution in [3.05, 3.63) is 53.6 Å². The van der Waals surface area contributed by atoms with Crippen molar-refractivity contribution in [2.75, 3.05) is 28.7 Å². The lowest BCUT2D eigenvalue weighted by Crippen LogP contribution is -2.28. The molecule has 162 valence electrons. The highest BCUT2D eigenvalue weighted by molar-refractivity contribution is 6.00. The summed E-state index contributed by atoms with van der Waals surface area (Å²) in [7, 11) is 0. The number of anilines is 3. The number of carbonyl (C=O) groups is 4. The average Bonchev–Trinajstić information content (AvgIpc) is 3.11. The summed E-state index contributed by atoms with van der Waals surface area (Å²) in [6.07, 6.45) is 0.0540. The van der Waals surface area contributed by atoms with Gasteiger partial charge in [0, 0.05) is 37.0 Å². The molecule has 0 bridgehead atoms. The summed E-state index contributed by atoms with van der Waals surface area (Å²) in [5.41, 5.74) is 3.97. The SMILES string of the molecule is CC(=O)Nc1ccc(NC(=O)COC(=O)[C@H]2CC(=O)N(c3cccc(C)c3C)C2)cc1. The van der Waals surface area contributed by atoms with E-state index in [-0.39, 0.29) is 24.8 Å². The van der Waals surface area contributed by atoms with Gasteiger partial charge in [-0.1, -0.05) is 12.1 Å². The number of nitrogens with zero attached hydrogens (tertiary/aromatic N) is 1. The van der Waals surface area contributed by atoms with Gasteiger partial charge in [0.05, 0.1) is 5.92 Å². The average molecular weight is 423 g/mol. The number of aryl methyl sites for hydroxylation is 1. The molecule has 2 aromatic rings. The third-order valence-corrected chi connectivity index (χ3v) is 5.16. The van der Waals surface area contributed by atoms with Crippen LogP contribution in [0.25, 0.3) is 0 Å². The minimum atomic E-state index is -0.614. The van der Waals surface area contributed by atoms with Gasteiger partial charge in [-0.15, -0.1) is 0 Å². The van der Waals surface area contributed by atoms with E-state index in [1.54, 1.807) is 29.2 Å². The largest absolute Gasteiger partial charge is 0.455 e. The van der Waals surface area contributed by atoms with Crippen LogP contribution >= 0.6 is 0 Å². The molecular weight excluding hydrogens is 398 g/mol. The van der Waals surface area contributed by atoms with Crippen molar-refractivity contribution < 1.29 is 23.9 Å². The molecule has 2 aromatic carbocycles. The summed E-state index contributed by atoms with van der Waals surface area (Å²) in [4.78, 5) is 49.6. The van der Waals surface area contributed by atoms with Crippen LogP contribution in [-0.4, -0.2) is 36.8 Å². The Morgan fingerprint density at radius 2 is 1.68 bits per heavy atom. The maximum Gasteiger partial charge on any atom is 0.311 e. The van der Waals surface area contributed by atoms with Gasteiger partial charge in [-0.25, -0.2) is 0 Å². The quantitative estimate of drug-likeness (QED) is 0.695. The Labute approximate surface area is 180 Å². The first-order chi connectivity index (χ1) is 14.7. The van der Waals surface area contributed by atoms with Crippen LogP contribution in [-0.2, 0) is 23.9 Å². The highest BCUT2D eigenvalue weighted by Crippen LogP contribution is 2.29. The van der Waals surface area contributed by atoms with Crippen LogP contribution in [0.5, 0.6) is 0 Å². The predicted octanol–water partition coefficient (Wildman–Crippen LogP) is 2.80. The van der Waals surface area contributed by atoms with Gasteiger partial charge in [-0.2, -0.15) is 0 Å². The molecule has 1 heterocycles. The second-order valence-corrected chi connectivity index (χ2v) is 7.54. The van der Waals surface area contributed by atoms with Crippen LogP contribution in [0.3, 0.4) is 0 Å². The van der Waals surface area contributed by atoms with Crippen LogP contribution in [0.4, 0.5) is 17.1 Å². The van der Waals surface area contributed by atoms with E-state index in [9.17, 15) is 19.2 Å². The van der Waals surface area contributed by atoms with Crippen molar-refractivity contribution in [3.63, 3.8) is 0 Å². The number of rotatable bonds is 6. The van der Waals surface area contributed by atoms with Crippen molar-refractivity contribution in [1.82, 2.24) is 0 Å². The fourth-order valence-corrected chi connectivity index (χ4v) is 3.42. The molecule has 31 heavy (non-hydrogen) atoms. The summed E-state index contributed by atoms with van der Waals surface area (Å²) in [6, 6.07) is 12.3. The fourth-order valence-electron chi connectivity index (χ4n) is 3.42. The Bertz CT molecular complexity index is 1020. The second-order valence-electron chi connectivity index (χ2n) is 7.54. The van der Waals surface area contributed by atoms with Gasteiger partial charge in [-0.3, -0.25) is 19.2 Å². The summed E-state index contributed by atoms with van der Waals surface area (Å²) in [5, 5.41) is 5.25. The first-order valence-corrected chi connectivity index (χ1v) is 9.95. The van der Waals surface area contributed by atoms with Gasteiger partial charge in [0.1, 0.15) is 0 Å². The van der Waals surface area contributed by atoms with E-state index in [2.05, 4.69) is 10.6 Å². The Morgan fingerprint density at radius 3 is 2.32 bits per heavy atom. The number of esters is 1. The zero-order valence-corrected chi connectivity index (χ0v) is 17.7. The lowest BCUT2D eigenvalue weighted by molar-refractivity contribution is -0.151. The van der Waals surface area contributed by atoms with E-state index < -0.39 is 24.4 Å². The standard InChI is InChI=1S/C23H25N3O5/c1-14-5-4-6-20(15(14)2)26-12-17(11-22(26)29)23(30)31-13-21(28)25-19-9-7-18(8-10-19)24-16(3)27/h4-10,17H,11-13H2,1-3H3,(H,24,27)(H,25,28)/t17-/m0/s1. The Kier molecular flexibility index (Phi) is 6.69. The summed E-state index contributed by atoms with van der Waals surface area (Å²) in [6.45, 7) is 5.10. The van der Waals surface area contributed by atoms with Crippen LogP contribution in [0.2, 0.25) is 0 Å². The third kappa shape index (κ3) is 5.48. The van der Waals surface area contributed by atoms with Gasteiger partial charge in [0.25, 0.3) is 5.91 Å². The van der Waals surface area contributed by atoms with E-state index in [0.717, 1.165) is 16.8 Å². The topological polar surface area (TPSA) is 105 Å². The Morgan fingerprint density at radius 1 is 1.03 bits per heavy atom. The Hall–Kier alpha value is -3.68. The zero-order chi connectivity index (χ0) is 22.5. The molecular formula is C23H25N3O5. The van der Waals surface area contributed by atoms with E-state index in [4.69, 9.17) is 4.74 Å². The van der Waals surface area contributed by atoms with E-state index in [1.807, 2.05) is 32.0 Å². The molecule has 1 aliphatic rings. The minimum absolute atomic E-state index is 0.0540. The van der Waals surface area contributed by atoms with E-state index in [0.29, 0.717) is 11.4 Å². The molecule has 0 spiro atoms. The van der Waals surface area contributed by atoms with Crippen molar-refractivity contribution in [3.8, 4) is 0 Å². The minimum Gasteiger partial charge on any atom is -0.455 e. The maximum absolute atomic E-state index is 12.4. The van der Waals surface area contributed by atoms with Gasteiger partial charge in [0.15, 0.2) is 6.61 Å². The van der Waals surface area contributed by atoms with Crippen LogP contribution in [0.15, 0.2) is 42.5 Å². The number of carbonyl (C=O) groups excluding carboxylic acids is 4. The Balaban J connectivity index is 1.51. The molecule has 3 rings (SSSR count). The molecule has 1 saturated heterocycles. The number of hydrogen-bond acceptors (Lipinski definition) is 5. The maximum atomic E-state index is 12.4. The van der Waals surface area contributed by atoms with E-state index >= 15 is 0 Å². The van der Waals surface area contributed by atoms with Gasteiger partial charge < -0.3 is 20.3 Å². The van der Waals surface area contributed by atoms with Crippen molar-refractivity contribution in [2.24, 2.45) is 5.92 Å². The first-order valence-electron chi connectivity index (χ1n) is 9.95. The normalized spacial score (nSPS) is 15.5. The molecule has 0 aliphatic carbocycles. The second kappa shape index (κ2) is 9.42. The lowest BCUT2D eigenvalue weighted by Gasteiger charge is -2.20. The smallest absolute Gasteiger partial charge is 0.311 e. The van der Waals surface area contributed by atoms with E-state index in [1.165, 1.54) is 6.92 Å². The van der Waals surface area contributed by atoms with Gasteiger partial charge in [-0.05, 0) is 55.3 Å². The van der Waals surface area contributed by atoms with Gasteiger partial charge >= 0.3 is 5.97 Å². The highest BCUT2D eigenvalue weighted by Gasteiger charge is 2.37. The predicted molar refractivity (Wildman–Crippen MR) is 117 cm³/mol. The fraction of sp³-hybridized carbons (Fsp3) is 0.304. The summed E-state index contributed by atoms with van der Waals surface area (Å²) >= 11 is 0. The summed E-state index contributed by atoms with van der Waals surface area (Å²) < 4.78 is 5.14. The molecule has 3 amide bonds.